The maximum atomic E-state index is 6.30. The Morgan fingerprint density at radius 2 is 1.86 bits per heavy atom. The summed E-state index contributed by atoms with van der Waals surface area (Å²) in [5.41, 5.74) is 4.02. The summed E-state index contributed by atoms with van der Waals surface area (Å²) >= 11 is 0. The minimum atomic E-state index is 0.186. The number of pyridine rings is 2. The maximum absolute atomic E-state index is 6.30. The molecule has 10 heteroatoms. The molecule has 1 aromatic carbocycles. The van der Waals surface area contributed by atoms with Crippen LogP contribution < -0.4 is 20.1 Å². The standard InChI is InChI=1S/C27H26N8O2/c1-16-10-17(4-6-23(16)36-20-8-9-35-24(13-20)29-15-31-35)33-27-26-22(28-14-30-27)5-7-25(34-26)37-21-11-18-2-3-19(12-21)32-18/h4-10,13-15,18-19,21,32H,2-3,11-12H2,1H3,(H,28,30,33)/t18-,19+,21?. The molecule has 5 aromatic rings. The Bertz CT molecular complexity index is 1590. The molecule has 2 fully saturated rings. The van der Waals surface area contributed by atoms with E-state index in [0.717, 1.165) is 41.0 Å². The van der Waals surface area contributed by atoms with Gasteiger partial charge in [-0.05, 0) is 68.5 Å². The van der Waals surface area contributed by atoms with Gasteiger partial charge in [-0.25, -0.2) is 24.5 Å². The Morgan fingerprint density at radius 3 is 2.73 bits per heavy atom. The lowest BCUT2D eigenvalue weighted by Crippen LogP contribution is -2.42. The second-order valence-corrected chi connectivity index (χ2v) is 9.72. The number of ether oxygens (including phenoxy) is 2. The van der Waals surface area contributed by atoms with Gasteiger partial charge >= 0.3 is 0 Å². The predicted molar refractivity (Wildman–Crippen MR) is 138 cm³/mol. The SMILES string of the molecule is Cc1cc(Nc2ncnc3ccc(OC4C[C@H]5CC[C@@H](C4)N5)nc23)ccc1Oc1ccn2ncnc2c1. The molecule has 0 saturated carbocycles. The topological polar surface area (TPSA) is 111 Å². The Labute approximate surface area is 213 Å². The minimum absolute atomic E-state index is 0.186. The highest BCUT2D eigenvalue weighted by molar-refractivity contribution is 5.87. The largest absolute Gasteiger partial charge is 0.474 e. The fraction of sp³-hybridized carbons (Fsp3) is 0.296. The lowest BCUT2D eigenvalue weighted by atomic mass is 10.0. The quantitative estimate of drug-likeness (QED) is 0.350. The number of aromatic nitrogens is 6. The van der Waals surface area contributed by atoms with Crippen molar-refractivity contribution in [1.82, 2.24) is 34.9 Å². The van der Waals surface area contributed by atoms with Crippen LogP contribution in [0.4, 0.5) is 11.5 Å². The number of anilines is 2. The van der Waals surface area contributed by atoms with Gasteiger partial charge < -0.3 is 20.1 Å². The van der Waals surface area contributed by atoms with Gasteiger partial charge in [0.15, 0.2) is 11.5 Å². The second-order valence-electron chi connectivity index (χ2n) is 9.72. The number of rotatable bonds is 6. The number of piperidine rings is 1. The Hall–Kier alpha value is -4.31. The van der Waals surface area contributed by atoms with E-state index in [2.05, 4.69) is 30.7 Å². The van der Waals surface area contributed by atoms with Gasteiger partial charge in [-0.15, -0.1) is 0 Å². The molecule has 2 N–H and O–H groups in total. The van der Waals surface area contributed by atoms with Crippen LogP contribution in [0.15, 0.2) is 61.3 Å². The average Bonchev–Trinajstić information content (AvgIpc) is 3.51. The molecule has 3 atom stereocenters. The lowest BCUT2D eigenvalue weighted by molar-refractivity contribution is 0.132. The smallest absolute Gasteiger partial charge is 0.214 e. The number of aryl methyl sites for hydroxylation is 1. The molecule has 0 aliphatic carbocycles. The Kier molecular flexibility index (Phi) is 5.32. The number of benzene rings is 1. The van der Waals surface area contributed by atoms with E-state index < -0.39 is 0 Å². The number of hydrogen-bond donors (Lipinski definition) is 2. The van der Waals surface area contributed by atoms with Crippen molar-refractivity contribution < 1.29 is 9.47 Å². The van der Waals surface area contributed by atoms with Crippen LogP contribution in [0.2, 0.25) is 0 Å². The molecule has 6 heterocycles. The van der Waals surface area contributed by atoms with E-state index in [0.29, 0.717) is 35.0 Å². The third-order valence-electron chi connectivity index (χ3n) is 7.09. The Morgan fingerprint density at radius 1 is 0.973 bits per heavy atom. The highest BCUT2D eigenvalue weighted by Gasteiger charge is 2.34. The molecule has 2 aliphatic rings. The summed E-state index contributed by atoms with van der Waals surface area (Å²) in [5.74, 6) is 2.70. The fourth-order valence-electron chi connectivity index (χ4n) is 5.32. The van der Waals surface area contributed by atoms with Gasteiger partial charge in [0.2, 0.25) is 5.88 Å². The highest BCUT2D eigenvalue weighted by Crippen LogP contribution is 2.32. The number of hydrogen-bond acceptors (Lipinski definition) is 9. The van der Waals surface area contributed by atoms with Gasteiger partial charge in [0.1, 0.15) is 35.8 Å². The third-order valence-corrected chi connectivity index (χ3v) is 7.09. The number of nitrogens with one attached hydrogen (secondary N) is 2. The van der Waals surface area contributed by atoms with Gasteiger partial charge in [0.05, 0.1) is 5.52 Å². The van der Waals surface area contributed by atoms with Gasteiger partial charge in [0, 0.05) is 36.1 Å². The van der Waals surface area contributed by atoms with Crippen LogP contribution in [0.1, 0.15) is 31.2 Å². The van der Waals surface area contributed by atoms with Crippen LogP contribution in [0, 0.1) is 6.92 Å². The molecular formula is C27H26N8O2. The number of nitrogens with zero attached hydrogens (tertiary/aromatic N) is 6. The van der Waals surface area contributed by atoms with Crippen molar-refractivity contribution in [3.05, 3.63) is 66.9 Å². The van der Waals surface area contributed by atoms with Crippen LogP contribution in [0.5, 0.6) is 17.4 Å². The third kappa shape index (κ3) is 4.40. The molecule has 0 radical (unpaired) electrons. The van der Waals surface area contributed by atoms with Gasteiger partial charge in [-0.3, -0.25) is 0 Å². The number of fused-ring (bicyclic) bond motifs is 4. The fourth-order valence-corrected chi connectivity index (χ4v) is 5.32. The first-order chi connectivity index (χ1) is 18.2. The van der Waals surface area contributed by atoms with E-state index in [-0.39, 0.29) is 6.10 Å². The van der Waals surface area contributed by atoms with E-state index in [1.807, 2.05) is 55.6 Å². The lowest BCUT2D eigenvalue weighted by Gasteiger charge is -2.29. The summed E-state index contributed by atoms with van der Waals surface area (Å²) in [6.45, 7) is 2.00. The van der Waals surface area contributed by atoms with Crippen molar-refractivity contribution in [2.75, 3.05) is 5.32 Å². The molecule has 2 bridgehead atoms. The summed E-state index contributed by atoms with van der Waals surface area (Å²) in [6, 6.07) is 14.6. The molecule has 10 nitrogen and oxygen atoms in total. The van der Waals surface area contributed by atoms with E-state index >= 15 is 0 Å². The molecule has 37 heavy (non-hydrogen) atoms. The second kappa shape index (κ2) is 8.97. The zero-order chi connectivity index (χ0) is 24.8. The van der Waals surface area contributed by atoms with Gasteiger partial charge in [-0.2, -0.15) is 5.10 Å². The Balaban J connectivity index is 1.10. The normalized spacial score (nSPS) is 20.8. The van der Waals surface area contributed by atoms with Crippen LogP contribution >= 0.6 is 0 Å². The summed E-state index contributed by atoms with van der Waals surface area (Å²) in [6.07, 6.45) is 9.58. The van der Waals surface area contributed by atoms with E-state index in [4.69, 9.17) is 14.5 Å². The summed E-state index contributed by atoms with van der Waals surface area (Å²) in [5, 5.41) is 11.2. The molecular weight excluding hydrogens is 468 g/mol. The maximum Gasteiger partial charge on any atom is 0.214 e. The predicted octanol–water partition coefficient (Wildman–Crippen LogP) is 4.57. The van der Waals surface area contributed by atoms with Crippen LogP contribution in [-0.2, 0) is 0 Å². The molecule has 0 amide bonds. The van der Waals surface area contributed by atoms with Crippen molar-refractivity contribution >= 4 is 28.2 Å². The summed E-state index contributed by atoms with van der Waals surface area (Å²) in [4.78, 5) is 17.9. The molecule has 0 spiro atoms. The van der Waals surface area contributed by atoms with E-state index in [1.54, 1.807) is 10.8 Å². The molecule has 1 unspecified atom stereocenters. The zero-order valence-electron chi connectivity index (χ0n) is 20.3. The van der Waals surface area contributed by atoms with Crippen molar-refractivity contribution in [1.29, 1.82) is 0 Å². The molecule has 7 rings (SSSR count). The van der Waals surface area contributed by atoms with Crippen LogP contribution in [0.25, 0.3) is 16.7 Å². The van der Waals surface area contributed by atoms with E-state index in [9.17, 15) is 0 Å². The van der Waals surface area contributed by atoms with Crippen molar-refractivity contribution in [3.63, 3.8) is 0 Å². The monoisotopic (exact) mass is 494 g/mol. The van der Waals surface area contributed by atoms with Gasteiger partial charge in [0.25, 0.3) is 0 Å². The van der Waals surface area contributed by atoms with Gasteiger partial charge in [-0.1, -0.05) is 0 Å². The van der Waals surface area contributed by atoms with Crippen LogP contribution in [0.3, 0.4) is 0 Å². The molecule has 186 valence electrons. The summed E-state index contributed by atoms with van der Waals surface area (Å²) < 4.78 is 14.1. The molecule has 2 aliphatic heterocycles. The average molecular weight is 495 g/mol. The van der Waals surface area contributed by atoms with E-state index in [1.165, 1.54) is 19.2 Å². The first-order valence-electron chi connectivity index (χ1n) is 12.6. The van der Waals surface area contributed by atoms with Crippen molar-refractivity contribution in [3.8, 4) is 17.4 Å². The highest BCUT2D eigenvalue weighted by atomic mass is 16.5. The minimum Gasteiger partial charge on any atom is -0.474 e. The van der Waals surface area contributed by atoms with Crippen molar-refractivity contribution in [2.45, 2.75) is 50.8 Å². The van der Waals surface area contributed by atoms with Crippen molar-refractivity contribution in [2.24, 2.45) is 0 Å². The van der Waals surface area contributed by atoms with Crippen LogP contribution in [-0.4, -0.2) is 47.7 Å². The first-order valence-corrected chi connectivity index (χ1v) is 12.6. The summed E-state index contributed by atoms with van der Waals surface area (Å²) in [7, 11) is 0. The zero-order valence-corrected chi connectivity index (χ0v) is 20.3. The first kappa shape index (κ1) is 21.9. The molecule has 4 aromatic heterocycles. The molecule has 2 saturated heterocycles.